The number of aliphatic hydroxyl groups is 1. The summed E-state index contributed by atoms with van der Waals surface area (Å²) >= 11 is 0.581. The zero-order chi connectivity index (χ0) is 16.7. The van der Waals surface area contributed by atoms with E-state index in [0.29, 0.717) is 11.8 Å². The van der Waals surface area contributed by atoms with E-state index in [1.54, 1.807) is 0 Å². The van der Waals surface area contributed by atoms with E-state index in [1.807, 2.05) is 0 Å². The van der Waals surface area contributed by atoms with Gasteiger partial charge in [-0.15, -0.1) is 0 Å². The fourth-order valence-electron chi connectivity index (χ4n) is 1.79. The Morgan fingerprint density at radius 1 is 1.09 bits per heavy atom. The maximum absolute atomic E-state index is 13.9. The van der Waals surface area contributed by atoms with E-state index < -0.39 is 58.5 Å². The van der Waals surface area contributed by atoms with E-state index in [1.165, 1.54) is 13.8 Å². The number of oxime groups is 1. The van der Waals surface area contributed by atoms with Gasteiger partial charge in [-0.05, 0) is 13.8 Å². The van der Waals surface area contributed by atoms with Gasteiger partial charge in [0.2, 0.25) is 0 Å². The number of hydrogen-bond donors (Lipinski definition) is 1. The minimum Gasteiger partial charge on any atom is -0.391 e. The first-order valence-corrected chi connectivity index (χ1v) is 7.16. The molecular formula is C13H12F5NO2S. The summed E-state index contributed by atoms with van der Waals surface area (Å²) in [5.74, 6) is -7.15. The first-order valence-electron chi connectivity index (χ1n) is 6.18. The van der Waals surface area contributed by atoms with Gasteiger partial charge >= 0.3 is 0 Å². The van der Waals surface area contributed by atoms with Crippen LogP contribution in [0.25, 0.3) is 0 Å². The van der Waals surface area contributed by atoms with Crippen molar-refractivity contribution in [3.8, 4) is 0 Å². The van der Waals surface area contributed by atoms with Crippen LogP contribution in [0.3, 0.4) is 0 Å². The fourth-order valence-corrected chi connectivity index (χ4v) is 2.85. The zero-order valence-corrected chi connectivity index (χ0v) is 12.4. The topological polar surface area (TPSA) is 41.8 Å². The van der Waals surface area contributed by atoms with E-state index in [4.69, 9.17) is 9.94 Å². The van der Waals surface area contributed by atoms with Gasteiger partial charge in [0.15, 0.2) is 40.1 Å². The summed E-state index contributed by atoms with van der Waals surface area (Å²) in [7, 11) is 0. The number of aliphatic hydroxyl groups excluding tert-OH is 1. The Labute approximate surface area is 127 Å². The molecule has 0 saturated carbocycles. The smallest absolute Gasteiger partial charge is 0.193 e. The van der Waals surface area contributed by atoms with Crippen LogP contribution >= 0.6 is 11.8 Å². The molecule has 0 aliphatic carbocycles. The molecule has 1 aliphatic rings. The first-order chi connectivity index (χ1) is 10.2. The van der Waals surface area contributed by atoms with Gasteiger partial charge < -0.3 is 9.94 Å². The van der Waals surface area contributed by atoms with Gasteiger partial charge in [0.1, 0.15) is 0 Å². The molecule has 0 aromatic heterocycles. The van der Waals surface area contributed by atoms with Gasteiger partial charge in [-0.3, -0.25) is 0 Å². The molecule has 0 radical (unpaired) electrons. The quantitative estimate of drug-likeness (QED) is 0.677. The molecule has 1 aliphatic heterocycles. The maximum atomic E-state index is 13.9. The molecule has 0 amide bonds. The van der Waals surface area contributed by atoms with Crippen molar-refractivity contribution in [2.24, 2.45) is 5.16 Å². The van der Waals surface area contributed by atoms with Crippen LogP contribution in [0.4, 0.5) is 22.0 Å². The number of thioether (sulfide) groups is 1. The maximum Gasteiger partial charge on any atom is 0.193 e. The summed E-state index contributed by atoms with van der Waals surface area (Å²) in [6, 6.07) is 0. The molecule has 0 bridgehead atoms. The molecule has 9 heteroatoms. The third-order valence-corrected chi connectivity index (χ3v) is 4.18. The summed E-state index contributed by atoms with van der Waals surface area (Å²) in [5.41, 5.74) is -3.19. The monoisotopic (exact) mass is 341 g/mol. The van der Waals surface area contributed by atoms with Crippen molar-refractivity contribution < 1.29 is 31.9 Å². The summed E-state index contributed by atoms with van der Waals surface area (Å²) in [4.78, 5) is 4.82. The van der Waals surface area contributed by atoms with Gasteiger partial charge in [0, 0.05) is 11.3 Å². The Bertz CT molecular complexity index is 606. The van der Waals surface area contributed by atoms with Gasteiger partial charge in [-0.2, -0.15) is 0 Å². The number of benzene rings is 1. The fraction of sp³-hybridized carbons (Fsp3) is 0.462. The Kier molecular flexibility index (Phi) is 4.67. The van der Waals surface area contributed by atoms with E-state index >= 15 is 0 Å². The molecule has 2 rings (SSSR count). The van der Waals surface area contributed by atoms with Crippen LogP contribution in [0.1, 0.15) is 25.0 Å². The molecular weight excluding hydrogens is 329 g/mol. The summed E-state index contributed by atoms with van der Waals surface area (Å²) in [5, 5.41) is 12.0. The van der Waals surface area contributed by atoms with Crippen molar-refractivity contribution in [2.75, 3.05) is 0 Å². The van der Waals surface area contributed by atoms with E-state index in [-0.39, 0.29) is 5.04 Å². The molecule has 1 atom stereocenters. The van der Waals surface area contributed by atoms with Crippen molar-refractivity contribution in [2.45, 2.75) is 38.0 Å². The van der Waals surface area contributed by atoms with Gasteiger partial charge in [0.25, 0.3) is 0 Å². The normalized spacial score (nSPS) is 20.0. The van der Waals surface area contributed by atoms with Crippen LogP contribution in [-0.2, 0) is 17.2 Å². The SMILES string of the molecule is CC1(C)ON=C(SCc2c(F)c(F)c(CO)c(F)c2F)C1F. The van der Waals surface area contributed by atoms with Crippen molar-refractivity contribution in [3.63, 3.8) is 0 Å². The highest BCUT2D eigenvalue weighted by molar-refractivity contribution is 8.13. The van der Waals surface area contributed by atoms with Gasteiger partial charge in [-0.25, -0.2) is 22.0 Å². The van der Waals surface area contributed by atoms with Crippen LogP contribution in [0.15, 0.2) is 5.16 Å². The molecule has 1 aromatic rings. The lowest BCUT2D eigenvalue weighted by Crippen LogP contribution is -2.33. The zero-order valence-electron chi connectivity index (χ0n) is 11.6. The molecule has 0 saturated heterocycles. The summed E-state index contributed by atoms with van der Waals surface area (Å²) in [6.45, 7) is 1.69. The average molecular weight is 341 g/mol. The lowest BCUT2D eigenvalue weighted by Gasteiger charge is -2.17. The average Bonchev–Trinajstić information content (AvgIpc) is 2.72. The Balaban J connectivity index is 2.25. The highest BCUT2D eigenvalue weighted by Gasteiger charge is 2.42. The van der Waals surface area contributed by atoms with Crippen LogP contribution in [0, 0.1) is 23.3 Å². The van der Waals surface area contributed by atoms with E-state index in [0.717, 1.165) is 0 Å². The Morgan fingerprint density at radius 2 is 1.59 bits per heavy atom. The minimum atomic E-state index is -1.67. The van der Waals surface area contributed by atoms with Crippen molar-refractivity contribution in [1.82, 2.24) is 0 Å². The highest BCUT2D eigenvalue weighted by atomic mass is 32.2. The first kappa shape index (κ1) is 17.0. The molecule has 0 fully saturated rings. The molecule has 1 heterocycles. The molecule has 3 nitrogen and oxygen atoms in total. The van der Waals surface area contributed by atoms with Gasteiger partial charge in [-0.1, -0.05) is 16.9 Å². The van der Waals surface area contributed by atoms with Crippen LogP contribution in [0.2, 0.25) is 0 Å². The predicted molar refractivity (Wildman–Crippen MR) is 71.0 cm³/mol. The van der Waals surface area contributed by atoms with Crippen molar-refractivity contribution in [3.05, 3.63) is 34.4 Å². The largest absolute Gasteiger partial charge is 0.391 e. The van der Waals surface area contributed by atoms with Crippen LogP contribution in [0.5, 0.6) is 0 Å². The van der Waals surface area contributed by atoms with Gasteiger partial charge in [0.05, 0.1) is 12.2 Å². The third kappa shape index (κ3) is 2.79. The molecule has 22 heavy (non-hydrogen) atoms. The predicted octanol–water partition coefficient (Wildman–Crippen LogP) is 3.43. The second-order valence-corrected chi connectivity index (χ2v) is 6.14. The molecule has 122 valence electrons. The molecule has 1 N–H and O–H groups in total. The third-order valence-electron chi connectivity index (χ3n) is 3.17. The van der Waals surface area contributed by atoms with E-state index in [9.17, 15) is 22.0 Å². The number of hydrogen-bond acceptors (Lipinski definition) is 4. The molecule has 1 aromatic carbocycles. The van der Waals surface area contributed by atoms with Crippen LogP contribution < -0.4 is 0 Å². The number of halogens is 5. The minimum absolute atomic E-state index is 0.171. The lowest BCUT2D eigenvalue weighted by atomic mass is 10.1. The van der Waals surface area contributed by atoms with E-state index in [2.05, 4.69) is 5.16 Å². The Morgan fingerprint density at radius 3 is 2.00 bits per heavy atom. The number of nitrogens with zero attached hydrogens (tertiary/aromatic N) is 1. The Hall–Kier alpha value is -1.35. The summed E-state index contributed by atoms with van der Waals surface area (Å²) in [6.07, 6.45) is -1.62. The van der Waals surface area contributed by atoms with Crippen LogP contribution in [-0.4, -0.2) is 21.9 Å². The molecule has 0 spiro atoms. The second-order valence-electron chi connectivity index (χ2n) is 5.15. The lowest BCUT2D eigenvalue weighted by molar-refractivity contribution is -0.0232. The summed E-state index contributed by atoms with van der Waals surface area (Å²) < 4.78 is 68.4. The standard InChI is InChI=1S/C13H12F5NO2S/c1-13(2)11(18)12(19-21-13)22-4-6-9(16)7(14)5(3-20)8(15)10(6)17/h11,20H,3-4H2,1-2H3. The van der Waals surface area contributed by atoms with Crippen molar-refractivity contribution >= 4 is 16.8 Å². The molecule has 1 unspecified atom stereocenters. The number of alkyl halides is 1. The number of rotatable bonds is 3. The second kappa shape index (κ2) is 6.04. The highest BCUT2D eigenvalue weighted by Crippen LogP contribution is 2.34. The van der Waals surface area contributed by atoms with Crippen molar-refractivity contribution in [1.29, 1.82) is 0 Å².